The normalized spacial score (nSPS) is 10.9. The van der Waals surface area contributed by atoms with Gasteiger partial charge in [-0.15, -0.1) is 0 Å². The van der Waals surface area contributed by atoms with Gasteiger partial charge in [-0.3, -0.25) is 4.68 Å². The van der Waals surface area contributed by atoms with Crippen molar-refractivity contribution in [3.05, 3.63) is 72.2 Å². The van der Waals surface area contributed by atoms with E-state index < -0.39 is 5.97 Å². The first-order chi connectivity index (χ1) is 18.6. The topological polar surface area (TPSA) is 115 Å². The molecule has 0 saturated heterocycles. The second-order valence-electron chi connectivity index (χ2n) is 8.20. The van der Waals surface area contributed by atoms with E-state index >= 15 is 0 Å². The molecule has 0 unspecified atom stereocenters. The first-order valence-electron chi connectivity index (χ1n) is 11.9. The fourth-order valence-corrected chi connectivity index (χ4v) is 4.17. The van der Waals surface area contributed by atoms with Gasteiger partial charge in [-0.1, -0.05) is 30.3 Å². The molecule has 0 spiro atoms. The van der Waals surface area contributed by atoms with E-state index in [0.29, 0.717) is 34.8 Å². The highest BCUT2D eigenvalue weighted by Crippen LogP contribution is 2.37. The van der Waals surface area contributed by atoms with Gasteiger partial charge in [0.1, 0.15) is 22.5 Å². The quantitative estimate of drug-likeness (QED) is 0.270. The molecule has 3 heterocycles. The Morgan fingerprint density at radius 3 is 2.45 bits per heavy atom. The number of carbonyl (C=O) groups excluding carboxylic acids is 1. The molecule has 38 heavy (non-hydrogen) atoms. The van der Waals surface area contributed by atoms with Crippen LogP contribution in [0.5, 0.6) is 17.4 Å². The Hall–Kier alpha value is -4.93. The predicted molar refractivity (Wildman–Crippen MR) is 139 cm³/mol. The van der Waals surface area contributed by atoms with E-state index in [9.17, 15) is 4.79 Å². The van der Waals surface area contributed by atoms with Crippen LogP contribution in [0.4, 0.5) is 0 Å². The summed E-state index contributed by atoms with van der Waals surface area (Å²) >= 11 is 0. The molecule has 0 aliphatic heterocycles. The number of para-hydroxylation sites is 1. The van der Waals surface area contributed by atoms with Crippen LogP contribution < -0.4 is 14.2 Å². The molecule has 0 aliphatic carbocycles. The van der Waals surface area contributed by atoms with Gasteiger partial charge >= 0.3 is 5.97 Å². The molecular weight excluding hydrogens is 488 g/mol. The smallest absolute Gasteiger partial charge is 0.341 e. The number of ether oxygens (including phenoxy) is 4. The Kier molecular flexibility index (Phi) is 6.90. The Bertz CT molecular complexity index is 1610. The molecule has 3 aromatic heterocycles. The van der Waals surface area contributed by atoms with Gasteiger partial charge in [-0.05, 0) is 24.6 Å². The summed E-state index contributed by atoms with van der Waals surface area (Å²) in [7, 11) is 4.82. The van der Waals surface area contributed by atoms with Crippen LogP contribution in [0.15, 0.2) is 61.1 Å². The molecule has 0 bridgehead atoms. The van der Waals surface area contributed by atoms with Crippen molar-refractivity contribution < 1.29 is 23.7 Å². The lowest BCUT2D eigenvalue weighted by atomic mass is 10.0. The summed E-state index contributed by atoms with van der Waals surface area (Å²) in [6.07, 6.45) is 4.56. The lowest BCUT2D eigenvalue weighted by Gasteiger charge is -2.14. The number of esters is 1. The van der Waals surface area contributed by atoms with Crippen LogP contribution in [-0.4, -0.2) is 63.4 Å². The summed E-state index contributed by atoms with van der Waals surface area (Å²) in [6.45, 7) is 2.45. The zero-order valence-electron chi connectivity index (χ0n) is 21.4. The zero-order chi connectivity index (χ0) is 26.6. The zero-order valence-corrected chi connectivity index (χ0v) is 21.4. The van der Waals surface area contributed by atoms with Gasteiger partial charge in [0.25, 0.3) is 5.95 Å². The molecule has 194 valence electrons. The van der Waals surface area contributed by atoms with Gasteiger partial charge in [-0.25, -0.2) is 14.5 Å². The third-order valence-corrected chi connectivity index (χ3v) is 5.93. The maximum atomic E-state index is 12.0. The standard InChI is InChI=1S/C27H26N6O5/c1-5-38-26(34)18-13-28-33(16-18)27-30-21-14-29-32(24(21)25(31-27)37-4)15-17-10-11-20(23(12-17)36-3)19-8-6-7-9-22(19)35-2/h6-14,16H,5,15H2,1-4H3. The lowest BCUT2D eigenvalue weighted by molar-refractivity contribution is 0.0526. The highest BCUT2D eigenvalue weighted by Gasteiger charge is 2.18. The monoisotopic (exact) mass is 514 g/mol. The van der Waals surface area contributed by atoms with Crippen molar-refractivity contribution in [1.29, 1.82) is 0 Å². The van der Waals surface area contributed by atoms with Crippen molar-refractivity contribution in [2.75, 3.05) is 27.9 Å². The number of carbonyl (C=O) groups is 1. The fraction of sp³-hybridized carbons (Fsp3) is 0.222. The average molecular weight is 515 g/mol. The summed E-state index contributed by atoms with van der Waals surface area (Å²) in [4.78, 5) is 21.1. The van der Waals surface area contributed by atoms with E-state index in [-0.39, 0.29) is 12.6 Å². The first-order valence-corrected chi connectivity index (χ1v) is 11.9. The maximum Gasteiger partial charge on any atom is 0.341 e. The van der Waals surface area contributed by atoms with E-state index in [2.05, 4.69) is 20.2 Å². The molecule has 0 fully saturated rings. The second-order valence-corrected chi connectivity index (χ2v) is 8.20. The minimum Gasteiger partial charge on any atom is -0.496 e. The van der Waals surface area contributed by atoms with Gasteiger partial charge in [-0.2, -0.15) is 15.2 Å². The Labute approximate surface area is 218 Å². The Morgan fingerprint density at radius 1 is 0.895 bits per heavy atom. The number of fused-ring (bicyclic) bond motifs is 1. The molecule has 11 nitrogen and oxygen atoms in total. The lowest BCUT2D eigenvalue weighted by Crippen LogP contribution is -2.07. The van der Waals surface area contributed by atoms with Crippen LogP contribution in [0.3, 0.4) is 0 Å². The van der Waals surface area contributed by atoms with Crippen LogP contribution in [0, 0.1) is 0 Å². The van der Waals surface area contributed by atoms with Crippen LogP contribution in [0.2, 0.25) is 0 Å². The van der Waals surface area contributed by atoms with Crippen LogP contribution in [-0.2, 0) is 11.3 Å². The van der Waals surface area contributed by atoms with E-state index in [1.54, 1.807) is 32.0 Å². The number of hydrogen-bond acceptors (Lipinski definition) is 9. The number of benzene rings is 2. The van der Waals surface area contributed by atoms with Crippen LogP contribution in [0.25, 0.3) is 28.1 Å². The minimum absolute atomic E-state index is 0.243. The van der Waals surface area contributed by atoms with Crippen molar-refractivity contribution in [3.8, 4) is 34.5 Å². The molecule has 11 heteroatoms. The molecule has 0 amide bonds. The maximum absolute atomic E-state index is 12.0. The van der Waals surface area contributed by atoms with E-state index in [4.69, 9.17) is 18.9 Å². The van der Waals surface area contributed by atoms with Gasteiger partial charge in [0.05, 0.1) is 52.4 Å². The van der Waals surface area contributed by atoms with E-state index in [1.807, 2.05) is 42.5 Å². The molecular formula is C27H26N6O5. The molecule has 0 aliphatic rings. The van der Waals surface area contributed by atoms with Gasteiger partial charge in [0.15, 0.2) is 0 Å². The van der Waals surface area contributed by atoms with Gasteiger partial charge in [0.2, 0.25) is 5.88 Å². The molecule has 2 aromatic carbocycles. The van der Waals surface area contributed by atoms with Crippen molar-refractivity contribution in [2.45, 2.75) is 13.5 Å². The largest absolute Gasteiger partial charge is 0.496 e. The van der Waals surface area contributed by atoms with Gasteiger partial charge < -0.3 is 18.9 Å². The van der Waals surface area contributed by atoms with Crippen molar-refractivity contribution in [1.82, 2.24) is 29.5 Å². The minimum atomic E-state index is -0.466. The summed E-state index contributed by atoms with van der Waals surface area (Å²) in [5.74, 6) is 1.58. The van der Waals surface area contributed by atoms with Crippen LogP contribution >= 0.6 is 0 Å². The molecule has 0 radical (unpaired) electrons. The van der Waals surface area contributed by atoms with E-state index in [0.717, 1.165) is 22.4 Å². The summed E-state index contributed by atoms with van der Waals surface area (Å²) < 4.78 is 25.0. The fourth-order valence-electron chi connectivity index (χ4n) is 4.17. The predicted octanol–water partition coefficient (Wildman–Crippen LogP) is 3.93. The molecule has 0 saturated carbocycles. The van der Waals surface area contributed by atoms with Crippen molar-refractivity contribution >= 4 is 17.0 Å². The summed E-state index contributed by atoms with van der Waals surface area (Å²) in [5, 5.41) is 8.72. The third kappa shape index (κ3) is 4.61. The average Bonchev–Trinajstić information content (AvgIpc) is 3.61. The number of methoxy groups -OCH3 is 3. The van der Waals surface area contributed by atoms with Crippen molar-refractivity contribution in [2.24, 2.45) is 0 Å². The number of rotatable bonds is 9. The highest BCUT2D eigenvalue weighted by molar-refractivity contribution is 5.89. The third-order valence-electron chi connectivity index (χ3n) is 5.93. The molecule has 0 atom stereocenters. The van der Waals surface area contributed by atoms with E-state index in [1.165, 1.54) is 24.2 Å². The summed E-state index contributed by atoms with van der Waals surface area (Å²) in [5.41, 5.74) is 4.32. The second kappa shape index (κ2) is 10.6. The molecule has 5 rings (SSSR count). The van der Waals surface area contributed by atoms with Gasteiger partial charge in [0, 0.05) is 17.3 Å². The first kappa shape index (κ1) is 24.8. The Balaban J connectivity index is 1.47. The number of nitrogens with zero attached hydrogens (tertiary/aromatic N) is 6. The summed E-state index contributed by atoms with van der Waals surface area (Å²) in [6, 6.07) is 13.8. The highest BCUT2D eigenvalue weighted by atomic mass is 16.5. The number of hydrogen-bond donors (Lipinski definition) is 0. The van der Waals surface area contributed by atoms with Crippen molar-refractivity contribution in [3.63, 3.8) is 0 Å². The number of aromatic nitrogens is 6. The Morgan fingerprint density at radius 2 is 1.68 bits per heavy atom. The molecule has 5 aromatic rings. The SMILES string of the molecule is CCOC(=O)c1cnn(-c2nc(OC)c3c(cnn3Cc3ccc(-c4ccccc4OC)c(OC)c3)n2)c1. The molecule has 0 N–H and O–H groups in total. The van der Waals surface area contributed by atoms with Crippen LogP contribution in [0.1, 0.15) is 22.8 Å².